The smallest absolute Gasteiger partial charge is 1.00 e. The third-order valence-corrected chi connectivity index (χ3v) is 8.62. The number of hydrogen-bond acceptors (Lipinski definition) is 2. The molecular formula is C48H48N2O4Ru2+2. The molecule has 288 valence electrons. The van der Waals surface area contributed by atoms with Gasteiger partial charge >= 0.3 is 84.2 Å². The summed E-state index contributed by atoms with van der Waals surface area (Å²) < 4.78 is 30.0. The molecule has 0 aliphatic heterocycles. The molecule has 0 amide bonds. The number of rotatable bonds is 8. The summed E-state index contributed by atoms with van der Waals surface area (Å²) in [7, 11) is 0. The van der Waals surface area contributed by atoms with Crippen LogP contribution >= 0.6 is 0 Å². The van der Waals surface area contributed by atoms with Gasteiger partial charge in [0.05, 0.1) is 12.1 Å². The molecule has 6 rings (SSSR count). The van der Waals surface area contributed by atoms with Crippen molar-refractivity contribution in [3.63, 3.8) is 0 Å². The minimum atomic E-state index is 0. The molecule has 2 aliphatic rings. The maximum absolute atomic E-state index is 7.50. The van der Waals surface area contributed by atoms with Crippen molar-refractivity contribution in [3.8, 4) is 0 Å². The number of benzene rings is 4. The Morgan fingerprint density at radius 3 is 0.643 bits per heavy atom. The Morgan fingerprint density at radius 2 is 0.500 bits per heavy atom. The van der Waals surface area contributed by atoms with Gasteiger partial charge in [0.25, 0.3) is 0 Å². The zero-order chi connectivity index (χ0) is 40.8. The summed E-state index contributed by atoms with van der Waals surface area (Å²) >= 11 is 0. The fourth-order valence-electron chi connectivity index (χ4n) is 6.69. The maximum atomic E-state index is 7.50. The molecule has 0 saturated heterocycles. The normalized spacial score (nSPS) is 15.8. The van der Waals surface area contributed by atoms with Crippen LogP contribution in [0.3, 0.4) is 0 Å². The summed E-state index contributed by atoms with van der Waals surface area (Å²) in [6.07, 6.45) is 0. The van der Waals surface area contributed by atoms with E-state index >= 15 is 0 Å². The quantitative estimate of drug-likeness (QED) is 0.105. The van der Waals surface area contributed by atoms with Crippen molar-refractivity contribution >= 4 is 0 Å². The van der Waals surface area contributed by atoms with Gasteiger partial charge in [-0.05, 0) is 22.3 Å². The van der Waals surface area contributed by atoms with E-state index < -0.39 is 0 Å². The molecule has 2 fully saturated rings. The van der Waals surface area contributed by atoms with Gasteiger partial charge in [-0.25, -0.2) is 0 Å². The van der Waals surface area contributed by atoms with Gasteiger partial charge in [-0.15, -0.1) is 0 Å². The second kappa shape index (κ2) is 30.1. The van der Waals surface area contributed by atoms with Crippen molar-refractivity contribution in [2.75, 3.05) is 0 Å². The van der Waals surface area contributed by atoms with E-state index in [2.05, 4.69) is 214 Å². The van der Waals surface area contributed by atoms with Gasteiger partial charge in [-0.3, -0.25) is 0 Å². The van der Waals surface area contributed by atoms with Gasteiger partial charge in [0.2, 0.25) is 0 Å². The van der Waals surface area contributed by atoms with E-state index in [4.69, 9.17) is 18.6 Å². The van der Waals surface area contributed by atoms with Crippen molar-refractivity contribution in [1.82, 2.24) is 10.6 Å². The van der Waals surface area contributed by atoms with Crippen LogP contribution in [0.15, 0.2) is 121 Å². The first-order valence-electron chi connectivity index (χ1n) is 17.3. The van der Waals surface area contributed by atoms with Crippen LogP contribution in [0.1, 0.15) is 77.6 Å². The van der Waals surface area contributed by atoms with Crippen LogP contribution in [0.2, 0.25) is 0 Å². The summed E-state index contributed by atoms with van der Waals surface area (Å²) in [6, 6.07) is 46.2. The fraction of sp³-hybridized carbons (Fsp3) is 0.208. The third-order valence-electron chi connectivity index (χ3n) is 8.62. The molecule has 0 bridgehead atoms. The SMILES string of the molecule is C[C]1[C](NC(C)C)[C](C)[C](c2ccccc2)[C]1c1ccccc1.C[C]1[C](NC(C)C)[C](C)[C](c2ccccc2)[C]1c1ccccc1.[C-]#[O+].[C-]#[O+].[C-]#[O+].[C-]#[O+].[Ru+].[Ru+]. The monoisotopic (exact) mass is 920 g/mol. The van der Waals surface area contributed by atoms with Crippen molar-refractivity contribution in [3.05, 3.63) is 230 Å². The number of nitrogens with one attached hydrogen (secondary N) is 2. The molecule has 4 aromatic carbocycles. The molecule has 4 aromatic rings. The second-order valence-corrected chi connectivity index (χ2v) is 12.8. The van der Waals surface area contributed by atoms with Crippen LogP contribution in [-0.4, -0.2) is 12.1 Å². The fourth-order valence-corrected chi connectivity index (χ4v) is 6.69. The minimum Gasteiger partial charge on any atom is 1.00 e. The van der Waals surface area contributed by atoms with E-state index in [1.807, 2.05) is 0 Å². The van der Waals surface area contributed by atoms with E-state index in [0.29, 0.717) is 12.1 Å². The second-order valence-electron chi connectivity index (χ2n) is 12.8. The molecule has 2 aliphatic carbocycles. The van der Waals surface area contributed by atoms with Crippen LogP contribution in [0, 0.1) is 86.0 Å². The first kappa shape index (κ1) is 55.1. The van der Waals surface area contributed by atoms with Crippen molar-refractivity contribution in [2.24, 2.45) is 0 Å². The van der Waals surface area contributed by atoms with E-state index in [1.54, 1.807) is 0 Å². The van der Waals surface area contributed by atoms with E-state index in [9.17, 15) is 0 Å². The summed E-state index contributed by atoms with van der Waals surface area (Å²) in [5, 5.41) is 7.28. The molecule has 0 atom stereocenters. The Labute approximate surface area is 363 Å². The third kappa shape index (κ3) is 14.7. The summed E-state index contributed by atoms with van der Waals surface area (Å²) in [4.78, 5) is 0. The molecule has 2 N–H and O–H groups in total. The molecular weight excluding hydrogens is 871 g/mol. The molecule has 0 unspecified atom stereocenters. The van der Waals surface area contributed by atoms with Crippen LogP contribution in [0.25, 0.3) is 0 Å². The Hall–Kier alpha value is -2.99. The molecule has 0 spiro atoms. The van der Waals surface area contributed by atoms with Gasteiger partial charge in [0.15, 0.2) is 0 Å². The Morgan fingerprint density at radius 1 is 0.339 bits per heavy atom. The molecule has 56 heavy (non-hydrogen) atoms. The Balaban J connectivity index is 0. The van der Waals surface area contributed by atoms with Gasteiger partial charge < -0.3 is 10.6 Å². The first-order valence-corrected chi connectivity index (χ1v) is 17.3. The van der Waals surface area contributed by atoms with Crippen LogP contribution in [0.4, 0.5) is 0 Å². The molecule has 0 heterocycles. The zero-order valence-corrected chi connectivity index (χ0v) is 36.5. The van der Waals surface area contributed by atoms with Crippen molar-refractivity contribution in [2.45, 2.75) is 67.5 Å². The summed E-state index contributed by atoms with van der Waals surface area (Å²) in [6.45, 7) is 35.7. The standard InChI is InChI=1S/2C22H24N.4CO.2Ru/c2*1-15(2)23-22-16(3)20(18-11-7-5-8-12-18)21(17(22)4)19-13-9-6-10-14-19;4*1-2;;/h2*5-15,23H,1-4H3;;;;;;/q;;;;;;2*+1. The molecule has 12 radical (unpaired) electrons. The van der Waals surface area contributed by atoms with Gasteiger partial charge in [0, 0.05) is 59.4 Å². The molecule has 2 saturated carbocycles. The topological polar surface area (TPSA) is 104 Å². The predicted octanol–water partition coefficient (Wildman–Crippen LogP) is 9.77. The van der Waals surface area contributed by atoms with Crippen LogP contribution < -0.4 is 10.6 Å². The largest absolute Gasteiger partial charge is 1.00 e. The predicted molar refractivity (Wildman–Crippen MR) is 210 cm³/mol. The average molecular weight is 919 g/mol. The van der Waals surface area contributed by atoms with E-state index in [0.717, 1.165) is 0 Å². The minimum absolute atomic E-state index is 0. The van der Waals surface area contributed by atoms with Gasteiger partial charge in [0.1, 0.15) is 0 Å². The maximum Gasteiger partial charge on any atom is 1.00 e. The van der Waals surface area contributed by atoms with E-state index in [-0.39, 0.29) is 39.0 Å². The summed E-state index contributed by atoms with van der Waals surface area (Å²) in [5.41, 5.74) is 5.13. The zero-order valence-electron chi connectivity index (χ0n) is 33.0. The molecule has 8 heteroatoms. The van der Waals surface area contributed by atoms with Crippen molar-refractivity contribution in [1.29, 1.82) is 0 Å². The van der Waals surface area contributed by atoms with Crippen LogP contribution in [0.5, 0.6) is 0 Å². The van der Waals surface area contributed by atoms with Gasteiger partial charge in [-0.2, -0.15) is 0 Å². The first-order chi connectivity index (χ1) is 26.2. The Bertz CT molecular complexity index is 1410. The van der Waals surface area contributed by atoms with Crippen molar-refractivity contribution < 1.29 is 57.6 Å². The summed E-state index contributed by atoms with van der Waals surface area (Å²) in [5.74, 6) is 10.7. The van der Waals surface area contributed by atoms with Crippen LogP contribution in [-0.2, 0) is 57.6 Å². The Kier molecular flexibility index (Phi) is 29.7. The number of hydrogen-bond donors (Lipinski definition) is 2. The average Bonchev–Trinajstić information content (AvgIpc) is 3.62. The van der Waals surface area contributed by atoms with Gasteiger partial charge in [-0.1, -0.05) is 177 Å². The molecule has 0 aromatic heterocycles. The molecule has 6 nitrogen and oxygen atoms in total. The van der Waals surface area contributed by atoms with E-state index in [1.165, 1.54) is 81.7 Å².